The van der Waals surface area contributed by atoms with Crippen molar-refractivity contribution in [3.63, 3.8) is 0 Å². The van der Waals surface area contributed by atoms with Crippen LogP contribution < -0.4 is 26.6 Å². The molecule has 0 aromatic carbocycles. The molecule has 1 saturated carbocycles. The van der Waals surface area contributed by atoms with Crippen LogP contribution in [0.4, 0.5) is 5.82 Å². The van der Waals surface area contributed by atoms with Crippen LogP contribution in [0.2, 0.25) is 0 Å². The number of hydrogen-bond acceptors (Lipinski definition) is 7. The van der Waals surface area contributed by atoms with Gasteiger partial charge < -0.3 is 26.6 Å². The third-order valence-corrected chi connectivity index (χ3v) is 7.25. The van der Waals surface area contributed by atoms with E-state index in [0.717, 1.165) is 32.1 Å². The van der Waals surface area contributed by atoms with Crippen LogP contribution in [0.5, 0.6) is 0 Å². The number of carbonyl (C=O) groups excluding carboxylic acids is 6. The molecule has 0 bridgehead atoms. The summed E-state index contributed by atoms with van der Waals surface area (Å²) in [6.07, 6.45) is 6.06. The van der Waals surface area contributed by atoms with Crippen LogP contribution in [0.3, 0.4) is 0 Å². The first-order valence-electron chi connectivity index (χ1n) is 14.6. The molecule has 42 heavy (non-hydrogen) atoms. The Kier molecular flexibility index (Phi) is 12.6. The van der Waals surface area contributed by atoms with Crippen molar-refractivity contribution in [3.05, 3.63) is 23.9 Å². The maximum absolute atomic E-state index is 13.0. The lowest BCUT2D eigenvalue weighted by atomic mass is 9.84. The third kappa shape index (κ3) is 10.9. The van der Waals surface area contributed by atoms with Crippen LogP contribution in [0.15, 0.2) is 18.3 Å². The number of nitrogens with zero attached hydrogens (tertiary/aromatic N) is 1. The average Bonchev–Trinajstić information content (AvgIpc) is 2.90. The molecule has 0 radical (unpaired) electrons. The highest BCUT2D eigenvalue weighted by molar-refractivity contribution is 6.38. The number of aromatic nitrogens is 1. The third-order valence-electron chi connectivity index (χ3n) is 7.25. The first-order valence-corrected chi connectivity index (χ1v) is 14.6. The summed E-state index contributed by atoms with van der Waals surface area (Å²) >= 11 is 0. The van der Waals surface area contributed by atoms with Gasteiger partial charge in [0, 0.05) is 37.2 Å². The molecule has 0 spiro atoms. The summed E-state index contributed by atoms with van der Waals surface area (Å²) in [5.41, 5.74) is -0.264. The molecule has 1 aromatic heterocycles. The SMILES string of the molecule is CC(=O)Nc1cc(C(=O)NC(CC(=O)NC(C)C(=O)NC(C(=O)C(=O)NC2CCCCC2)C(C)C)C(C)(C)C)ccn1. The molecular weight excluding hydrogens is 540 g/mol. The molecule has 0 saturated heterocycles. The van der Waals surface area contributed by atoms with E-state index in [1.54, 1.807) is 13.8 Å². The average molecular weight is 587 g/mol. The summed E-state index contributed by atoms with van der Waals surface area (Å²) in [7, 11) is 0. The molecule has 3 atom stereocenters. The summed E-state index contributed by atoms with van der Waals surface area (Å²) in [6, 6.07) is 0.256. The minimum atomic E-state index is -1.04. The monoisotopic (exact) mass is 586 g/mol. The van der Waals surface area contributed by atoms with E-state index in [1.807, 2.05) is 20.8 Å². The van der Waals surface area contributed by atoms with E-state index in [4.69, 9.17) is 0 Å². The normalized spacial score (nSPS) is 16.0. The van der Waals surface area contributed by atoms with Crippen molar-refractivity contribution in [3.8, 4) is 0 Å². The topological polar surface area (TPSA) is 175 Å². The molecule has 1 aliphatic rings. The Bertz CT molecular complexity index is 1160. The van der Waals surface area contributed by atoms with Gasteiger partial charge in [0.15, 0.2) is 0 Å². The quantitative estimate of drug-likeness (QED) is 0.233. The van der Waals surface area contributed by atoms with Crippen molar-refractivity contribution in [1.82, 2.24) is 26.3 Å². The van der Waals surface area contributed by atoms with Gasteiger partial charge in [-0.05, 0) is 43.2 Å². The number of amides is 5. The van der Waals surface area contributed by atoms with Gasteiger partial charge in [-0.2, -0.15) is 0 Å². The number of rotatable bonds is 12. The van der Waals surface area contributed by atoms with E-state index in [-0.39, 0.29) is 35.7 Å². The molecule has 12 nitrogen and oxygen atoms in total. The summed E-state index contributed by atoms with van der Waals surface area (Å²) in [4.78, 5) is 79.7. The number of nitrogens with one attached hydrogen (secondary N) is 5. The first kappa shape index (κ1) is 34.4. The van der Waals surface area contributed by atoms with Gasteiger partial charge in [-0.25, -0.2) is 4.98 Å². The Labute approximate surface area is 247 Å². The van der Waals surface area contributed by atoms with Crippen molar-refractivity contribution in [2.45, 2.75) is 111 Å². The molecule has 0 aliphatic heterocycles. The van der Waals surface area contributed by atoms with Gasteiger partial charge in [-0.15, -0.1) is 0 Å². The van der Waals surface area contributed by atoms with Crippen LogP contribution in [-0.4, -0.2) is 64.5 Å². The van der Waals surface area contributed by atoms with Gasteiger partial charge >= 0.3 is 0 Å². The maximum atomic E-state index is 13.0. The molecule has 1 aromatic rings. The largest absolute Gasteiger partial charge is 0.348 e. The van der Waals surface area contributed by atoms with Crippen molar-refractivity contribution in [2.75, 3.05) is 5.32 Å². The standard InChI is InChI=1S/C30H46N6O6/c1-17(2)25(26(39)29(42)34-21-11-9-8-10-12-21)36-27(40)18(3)32-24(38)16-22(30(5,6)7)35-28(41)20-13-14-31-23(15-20)33-19(4)37/h13-15,17-18,21-22,25H,8-12,16H2,1-7H3,(H,32,38)(H,34,42)(H,35,41)(H,36,40)(H,31,33,37). The van der Waals surface area contributed by atoms with Crippen LogP contribution in [0.25, 0.3) is 0 Å². The number of hydrogen-bond donors (Lipinski definition) is 5. The molecule has 1 fully saturated rings. The fourth-order valence-corrected chi connectivity index (χ4v) is 4.65. The molecule has 5 amide bonds. The maximum Gasteiger partial charge on any atom is 0.289 e. The van der Waals surface area contributed by atoms with E-state index >= 15 is 0 Å². The van der Waals surface area contributed by atoms with Gasteiger partial charge in [-0.1, -0.05) is 53.9 Å². The van der Waals surface area contributed by atoms with E-state index < -0.39 is 53.0 Å². The molecule has 1 aliphatic carbocycles. The zero-order chi connectivity index (χ0) is 31.6. The second kappa shape index (κ2) is 15.4. The number of pyridine rings is 1. The van der Waals surface area contributed by atoms with Gasteiger partial charge in [0.25, 0.3) is 11.8 Å². The Morgan fingerprint density at radius 3 is 2.17 bits per heavy atom. The molecule has 2 rings (SSSR count). The second-order valence-electron chi connectivity index (χ2n) is 12.4. The minimum absolute atomic E-state index is 0.0361. The van der Waals surface area contributed by atoms with Gasteiger partial charge in [0.2, 0.25) is 23.5 Å². The highest BCUT2D eigenvalue weighted by atomic mass is 16.2. The highest BCUT2D eigenvalue weighted by Crippen LogP contribution is 2.23. The number of anilines is 1. The molecule has 1 heterocycles. The fourth-order valence-electron chi connectivity index (χ4n) is 4.65. The van der Waals surface area contributed by atoms with Crippen molar-refractivity contribution in [1.29, 1.82) is 0 Å². The van der Waals surface area contributed by atoms with Crippen LogP contribution in [0.1, 0.15) is 97.3 Å². The van der Waals surface area contributed by atoms with E-state index in [2.05, 4.69) is 31.6 Å². The lowest BCUT2D eigenvalue weighted by Crippen LogP contribution is -2.56. The Morgan fingerprint density at radius 2 is 1.60 bits per heavy atom. The number of Topliss-reactive ketones (excluding diaryl/α,β-unsaturated/α-hetero) is 1. The lowest BCUT2D eigenvalue weighted by Gasteiger charge is -2.31. The van der Waals surface area contributed by atoms with Crippen LogP contribution in [0, 0.1) is 11.3 Å². The summed E-state index contributed by atoms with van der Waals surface area (Å²) < 4.78 is 0. The van der Waals surface area contributed by atoms with Crippen LogP contribution >= 0.6 is 0 Å². The summed E-state index contributed by atoms with van der Waals surface area (Å²) in [5.74, 6) is -3.39. The number of ketones is 1. The van der Waals surface area contributed by atoms with Crippen molar-refractivity contribution < 1.29 is 28.8 Å². The predicted molar refractivity (Wildman–Crippen MR) is 158 cm³/mol. The lowest BCUT2D eigenvalue weighted by molar-refractivity contribution is -0.141. The van der Waals surface area contributed by atoms with E-state index in [0.29, 0.717) is 0 Å². The second-order valence-corrected chi connectivity index (χ2v) is 12.4. The Morgan fingerprint density at radius 1 is 0.952 bits per heavy atom. The molecule has 12 heteroatoms. The summed E-state index contributed by atoms with van der Waals surface area (Å²) in [6.45, 7) is 11.9. The molecule has 232 valence electrons. The van der Waals surface area contributed by atoms with Crippen molar-refractivity contribution >= 4 is 41.1 Å². The fraction of sp³-hybridized carbons (Fsp3) is 0.633. The van der Waals surface area contributed by atoms with Gasteiger partial charge in [0.05, 0.1) is 6.04 Å². The van der Waals surface area contributed by atoms with E-state index in [1.165, 1.54) is 32.2 Å². The van der Waals surface area contributed by atoms with Crippen molar-refractivity contribution in [2.24, 2.45) is 11.3 Å². The summed E-state index contributed by atoms with van der Waals surface area (Å²) in [5, 5.41) is 13.4. The van der Waals surface area contributed by atoms with Gasteiger partial charge in [0.1, 0.15) is 11.9 Å². The smallest absolute Gasteiger partial charge is 0.289 e. The molecule has 3 unspecified atom stereocenters. The van der Waals surface area contributed by atoms with E-state index in [9.17, 15) is 28.8 Å². The molecular formula is C30H46N6O6. The Balaban J connectivity index is 1.99. The minimum Gasteiger partial charge on any atom is -0.348 e. The predicted octanol–water partition coefficient (Wildman–Crippen LogP) is 2.24. The zero-order valence-electron chi connectivity index (χ0n) is 25.8. The van der Waals surface area contributed by atoms with Crippen LogP contribution in [-0.2, 0) is 24.0 Å². The first-order chi connectivity index (χ1) is 19.6. The number of carbonyl (C=O) groups is 6. The zero-order valence-corrected chi connectivity index (χ0v) is 25.8. The highest BCUT2D eigenvalue weighted by Gasteiger charge is 2.33. The Hall–Kier alpha value is -3.83. The van der Waals surface area contributed by atoms with Gasteiger partial charge in [-0.3, -0.25) is 28.8 Å². The molecule has 5 N–H and O–H groups in total.